The lowest BCUT2D eigenvalue weighted by atomic mass is 9.79. The topological polar surface area (TPSA) is 48.7 Å². The Morgan fingerprint density at radius 3 is 2.52 bits per heavy atom. The van der Waals surface area contributed by atoms with E-state index in [1.165, 1.54) is 0 Å². The number of aliphatic hydroxyl groups is 1. The summed E-state index contributed by atoms with van der Waals surface area (Å²) in [5.74, 6) is -0.0243. The lowest BCUT2D eigenvalue weighted by Gasteiger charge is -2.48. The molecule has 5 nitrogen and oxygen atoms in total. The maximum atomic E-state index is 13.1. The Hall–Kier alpha value is -1.82. The molecule has 0 bridgehead atoms. The van der Waals surface area contributed by atoms with Crippen LogP contribution in [-0.4, -0.2) is 57.6 Å². The Balaban J connectivity index is 1.63. The fourth-order valence-electron chi connectivity index (χ4n) is 4.54. The Bertz CT molecular complexity index is 816. The molecular weight excluding hydrogens is 362 g/mol. The molecule has 0 spiro atoms. The van der Waals surface area contributed by atoms with Crippen molar-refractivity contribution in [3.05, 3.63) is 58.9 Å². The Morgan fingerprint density at radius 1 is 1.19 bits per heavy atom. The molecule has 27 heavy (non-hydrogen) atoms. The minimum atomic E-state index is -0.936. The van der Waals surface area contributed by atoms with Crippen molar-refractivity contribution < 1.29 is 9.90 Å². The summed E-state index contributed by atoms with van der Waals surface area (Å²) in [7, 11) is 1.83. The van der Waals surface area contributed by atoms with Crippen molar-refractivity contribution >= 4 is 17.5 Å². The third kappa shape index (κ3) is 3.40. The van der Waals surface area contributed by atoms with E-state index in [9.17, 15) is 9.90 Å². The van der Waals surface area contributed by atoms with Gasteiger partial charge in [-0.1, -0.05) is 41.9 Å². The SMILES string of the molecule is Cn1cc(Cl)cc1C(=O)N1CC[C@](O)(c2ccccc2)[C@H](N2CCCC2)C1. The molecule has 144 valence electrons. The molecule has 2 aliphatic rings. The number of rotatable bonds is 3. The lowest BCUT2D eigenvalue weighted by Crippen LogP contribution is -2.61. The van der Waals surface area contributed by atoms with Crippen molar-refractivity contribution in [2.45, 2.75) is 30.9 Å². The maximum Gasteiger partial charge on any atom is 0.270 e. The molecule has 0 unspecified atom stereocenters. The number of likely N-dealkylation sites (tertiary alicyclic amines) is 2. The summed E-state index contributed by atoms with van der Waals surface area (Å²) < 4.78 is 1.77. The summed E-state index contributed by atoms with van der Waals surface area (Å²) in [6.07, 6.45) is 4.56. The largest absolute Gasteiger partial charge is 0.383 e. The third-order valence-corrected chi connectivity index (χ3v) is 6.25. The van der Waals surface area contributed by atoms with Crippen LogP contribution in [0, 0.1) is 0 Å². The molecule has 2 saturated heterocycles. The molecule has 4 rings (SSSR count). The molecule has 1 aromatic carbocycles. The van der Waals surface area contributed by atoms with Crippen LogP contribution in [0.3, 0.4) is 0 Å². The van der Waals surface area contributed by atoms with E-state index in [0.29, 0.717) is 30.2 Å². The van der Waals surface area contributed by atoms with E-state index in [-0.39, 0.29) is 11.9 Å². The van der Waals surface area contributed by atoms with Crippen LogP contribution in [0.25, 0.3) is 0 Å². The van der Waals surface area contributed by atoms with E-state index < -0.39 is 5.60 Å². The summed E-state index contributed by atoms with van der Waals surface area (Å²) in [6.45, 7) is 2.99. The van der Waals surface area contributed by atoms with Gasteiger partial charge in [0.25, 0.3) is 5.91 Å². The second kappa shape index (κ2) is 7.30. The van der Waals surface area contributed by atoms with Gasteiger partial charge >= 0.3 is 0 Å². The molecule has 0 saturated carbocycles. The van der Waals surface area contributed by atoms with Crippen LogP contribution >= 0.6 is 11.6 Å². The number of amides is 1. The lowest BCUT2D eigenvalue weighted by molar-refractivity contribution is -0.0879. The minimum Gasteiger partial charge on any atom is -0.383 e. The van der Waals surface area contributed by atoms with Crippen molar-refractivity contribution in [3.8, 4) is 0 Å². The van der Waals surface area contributed by atoms with Gasteiger partial charge in [-0.05, 0) is 44.0 Å². The first kappa shape index (κ1) is 18.5. The smallest absolute Gasteiger partial charge is 0.270 e. The number of nitrogens with zero attached hydrogens (tertiary/aromatic N) is 3. The first-order valence-electron chi connectivity index (χ1n) is 9.62. The zero-order valence-corrected chi connectivity index (χ0v) is 16.4. The molecule has 1 aromatic heterocycles. The fraction of sp³-hybridized carbons (Fsp3) is 0.476. The monoisotopic (exact) mass is 387 g/mol. The first-order valence-corrected chi connectivity index (χ1v) is 10.00. The average molecular weight is 388 g/mol. The Labute approximate surface area is 165 Å². The summed E-state index contributed by atoms with van der Waals surface area (Å²) >= 11 is 6.07. The normalized spacial score (nSPS) is 26.5. The van der Waals surface area contributed by atoms with E-state index in [1.807, 2.05) is 42.3 Å². The minimum absolute atomic E-state index is 0.0243. The molecule has 1 amide bonds. The van der Waals surface area contributed by atoms with Crippen LogP contribution in [0.1, 0.15) is 35.3 Å². The highest BCUT2D eigenvalue weighted by Gasteiger charge is 2.47. The molecule has 6 heteroatoms. The van der Waals surface area contributed by atoms with Gasteiger partial charge in [-0.15, -0.1) is 0 Å². The van der Waals surface area contributed by atoms with Crippen LogP contribution in [0.15, 0.2) is 42.6 Å². The molecule has 2 aromatic rings. The second-order valence-corrected chi connectivity index (χ2v) is 8.14. The van der Waals surface area contributed by atoms with Crippen molar-refractivity contribution in [1.82, 2.24) is 14.4 Å². The highest BCUT2D eigenvalue weighted by Crippen LogP contribution is 2.37. The zero-order chi connectivity index (χ0) is 19.0. The quantitative estimate of drug-likeness (QED) is 0.881. The van der Waals surface area contributed by atoms with E-state index in [2.05, 4.69) is 4.90 Å². The summed E-state index contributed by atoms with van der Waals surface area (Å²) in [5, 5.41) is 12.3. The summed E-state index contributed by atoms with van der Waals surface area (Å²) in [6, 6.07) is 11.5. The van der Waals surface area contributed by atoms with Crippen LogP contribution in [0.5, 0.6) is 0 Å². The van der Waals surface area contributed by atoms with Gasteiger partial charge in [0.1, 0.15) is 11.3 Å². The van der Waals surface area contributed by atoms with Crippen molar-refractivity contribution in [1.29, 1.82) is 0 Å². The zero-order valence-electron chi connectivity index (χ0n) is 15.6. The summed E-state index contributed by atoms with van der Waals surface area (Å²) in [4.78, 5) is 17.3. The number of halogens is 1. The van der Waals surface area contributed by atoms with Gasteiger partial charge in [0.2, 0.25) is 0 Å². The number of hydrogen-bond donors (Lipinski definition) is 1. The number of hydrogen-bond acceptors (Lipinski definition) is 3. The van der Waals surface area contributed by atoms with Crippen molar-refractivity contribution in [2.24, 2.45) is 7.05 Å². The number of carbonyl (C=O) groups is 1. The Kier molecular flexibility index (Phi) is 5.01. The van der Waals surface area contributed by atoms with Crippen molar-refractivity contribution in [3.63, 3.8) is 0 Å². The second-order valence-electron chi connectivity index (χ2n) is 7.70. The van der Waals surface area contributed by atoms with Crippen LogP contribution in [0.4, 0.5) is 0 Å². The van der Waals surface area contributed by atoms with Gasteiger partial charge < -0.3 is 14.6 Å². The maximum absolute atomic E-state index is 13.1. The van der Waals surface area contributed by atoms with E-state index >= 15 is 0 Å². The summed E-state index contributed by atoms with van der Waals surface area (Å²) in [5.41, 5.74) is 0.593. The van der Waals surface area contributed by atoms with Crippen molar-refractivity contribution in [2.75, 3.05) is 26.2 Å². The van der Waals surface area contributed by atoms with Gasteiger partial charge in [-0.3, -0.25) is 9.69 Å². The van der Waals surface area contributed by atoms with Crippen LogP contribution in [0.2, 0.25) is 5.02 Å². The van der Waals surface area contributed by atoms with Gasteiger partial charge in [-0.25, -0.2) is 0 Å². The molecule has 1 N–H and O–H groups in total. The number of benzene rings is 1. The van der Waals surface area contributed by atoms with Gasteiger partial charge in [0, 0.05) is 26.3 Å². The number of piperidine rings is 1. The van der Waals surface area contributed by atoms with Crippen LogP contribution < -0.4 is 0 Å². The van der Waals surface area contributed by atoms with E-state index in [4.69, 9.17) is 11.6 Å². The molecule has 2 fully saturated rings. The third-order valence-electron chi connectivity index (χ3n) is 6.04. The number of aryl methyl sites for hydroxylation is 1. The first-order chi connectivity index (χ1) is 13.0. The van der Waals surface area contributed by atoms with E-state index in [1.54, 1.807) is 16.8 Å². The predicted molar refractivity (Wildman–Crippen MR) is 106 cm³/mol. The van der Waals surface area contributed by atoms with Gasteiger partial charge in [0.05, 0.1) is 11.1 Å². The molecule has 0 radical (unpaired) electrons. The molecule has 2 atom stereocenters. The van der Waals surface area contributed by atoms with Crippen LogP contribution in [-0.2, 0) is 12.6 Å². The molecule has 0 aliphatic carbocycles. The molecule has 2 aliphatic heterocycles. The van der Waals surface area contributed by atoms with Gasteiger partial charge in [-0.2, -0.15) is 0 Å². The molecule has 3 heterocycles. The van der Waals surface area contributed by atoms with E-state index in [0.717, 1.165) is 31.5 Å². The Morgan fingerprint density at radius 2 is 1.89 bits per heavy atom. The highest BCUT2D eigenvalue weighted by atomic mass is 35.5. The number of aromatic nitrogens is 1. The molecular formula is C21H26ClN3O2. The highest BCUT2D eigenvalue weighted by molar-refractivity contribution is 6.31. The average Bonchev–Trinajstić information content (AvgIpc) is 3.32. The van der Waals surface area contributed by atoms with Gasteiger partial charge in [0.15, 0.2) is 0 Å². The predicted octanol–water partition coefficient (Wildman–Crippen LogP) is 2.88. The number of carbonyl (C=O) groups excluding carboxylic acids is 1. The standard InChI is InChI=1S/C21H26ClN3O2/c1-23-14-17(22)13-18(23)20(26)25-12-9-21(27,16-7-3-2-4-8-16)19(15-25)24-10-5-6-11-24/h2-4,7-8,13-14,19,27H,5-6,9-12,15H2,1H3/t19-,21+/m1/s1. The fourth-order valence-corrected chi connectivity index (χ4v) is 4.79.